The fraction of sp³-hybridized carbons (Fsp3) is 0.111. The third-order valence-corrected chi connectivity index (χ3v) is 3.75. The molecule has 7 nitrogen and oxygen atoms in total. The number of primary amides is 1. The molecule has 7 heteroatoms. The van der Waals surface area contributed by atoms with Gasteiger partial charge < -0.3 is 10.6 Å². The molecule has 1 amide bonds. The van der Waals surface area contributed by atoms with Crippen molar-refractivity contribution in [3.8, 4) is 16.9 Å². The molecule has 3 rings (SSSR count). The minimum atomic E-state index is -0.795. The van der Waals surface area contributed by atoms with Gasteiger partial charge in [-0.1, -0.05) is 12.1 Å². The number of pyridine rings is 1. The molecule has 2 heterocycles. The maximum absolute atomic E-state index is 12.5. The first-order valence-corrected chi connectivity index (χ1v) is 7.59. The van der Waals surface area contributed by atoms with Crippen LogP contribution in [0.2, 0.25) is 0 Å². The van der Waals surface area contributed by atoms with Crippen LogP contribution in [0.3, 0.4) is 0 Å². The van der Waals surface area contributed by atoms with Gasteiger partial charge in [-0.15, -0.1) is 0 Å². The van der Waals surface area contributed by atoms with Gasteiger partial charge in [0.15, 0.2) is 0 Å². The van der Waals surface area contributed by atoms with Gasteiger partial charge in [-0.2, -0.15) is 9.78 Å². The summed E-state index contributed by atoms with van der Waals surface area (Å²) in [5.41, 5.74) is 7.41. The molecule has 0 fully saturated rings. The monoisotopic (exact) mass is 335 g/mol. The van der Waals surface area contributed by atoms with E-state index in [2.05, 4.69) is 10.1 Å². The van der Waals surface area contributed by atoms with Gasteiger partial charge in [0.2, 0.25) is 0 Å². The zero-order valence-electron chi connectivity index (χ0n) is 13.9. The zero-order chi connectivity index (χ0) is 18.0. The molecule has 0 aliphatic heterocycles. The lowest BCUT2D eigenvalue weighted by Gasteiger charge is -2.13. The molecule has 0 aliphatic carbocycles. The second kappa shape index (κ2) is 6.56. The number of hydrogen-bond acceptors (Lipinski definition) is 5. The van der Waals surface area contributed by atoms with Crippen molar-refractivity contribution < 1.29 is 4.79 Å². The maximum Gasteiger partial charge on any atom is 0.284 e. The number of aromatic nitrogens is 3. The van der Waals surface area contributed by atoms with Gasteiger partial charge in [0.05, 0.1) is 17.6 Å². The van der Waals surface area contributed by atoms with Gasteiger partial charge in [-0.3, -0.25) is 14.6 Å². The Kier molecular flexibility index (Phi) is 4.30. The molecule has 0 unspecified atom stereocenters. The normalized spacial score (nSPS) is 10.5. The molecule has 0 saturated carbocycles. The van der Waals surface area contributed by atoms with Crippen LogP contribution in [-0.2, 0) is 0 Å². The number of anilines is 1. The second-order valence-corrected chi connectivity index (χ2v) is 5.68. The summed E-state index contributed by atoms with van der Waals surface area (Å²) in [6.45, 7) is 0. The molecule has 0 saturated heterocycles. The highest BCUT2D eigenvalue weighted by Gasteiger charge is 2.15. The van der Waals surface area contributed by atoms with Crippen molar-refractivity contribution in [2.75, 3.05) is 19.0 Å². The molecular formula is C18H17N5O2. The van der Waals surface area contributed by atoms with Crippen molar-refractivity contribution in [1.82, 2.24) is 14.8 Å². The number of amides is 1. The van der Waals surface area contributed by atoms with Gasteiger partial charge in [-0.05, 0) is 30.3 Å². The first kappa shape index (κ1) is 16.4. The predicted octanol–water partition coefficient (Wildman–Crippen LogP) is 1.46. The molecule has 25 heavy (non-hydrogen) atoms. The van der Waals surface area contributed by atoms with E-state index >= 15 is 0 Å². The largest absolute Gasteiger partial charge is 0.378 e. The van der Waals surface area contributed by atoms with E-state index < -0.39 is 11.5 Å². The van der Waals surface area contributed by atoms with Crippen molar-refractivity contribution in [1.29, 1.82) is 0 Å². The summed E-state index contributed by atoms with van der Waals surface area (Å²) in [5, 5.41) is 4.37. The van der Waals surface area contributed by atoms with E-state index in [0.717, 1.165) is 15.9 Å². The van der Waals surface area contributed by atoms with Crippen LogP contribution in [-0.4, -0.2) is 34.8 Å². The third-order valence-electron chi connectivity index (χ3n) is 3.75. The topological polar surface area (TPSA) is 94.1 Å². The Morgan fingerprint density at radius 3 is 2.44 bits per heavy atom. The highest BCUT2D eigenvalue weighted by molar-refractivity contribution is 5.93. The van der Waals surface area contributed by atoms with Crippen molar-refractivity contribution >= 4 is 11.6 Å². The van der Waals surface area contributed by atoms with Crippen LogP contribution in [0.1, 0.15) is 10.4 Å². The first-order chi connectivity index (χ1) is 12.0. The Morgan fingerprint density at radius 2 is 1.88 bits per heavy atom. The van der Waals surface area contributed by atoms with Crippen LogP contribution in [0.15, 0.2) is 59.7 Å². The van der Waals surface area contributed by atoms with E-state index in [-0.39, 0.29) is 5.56 Å². The lowest BCUT2D eigenvalue weighted by molar-refractivity contribution is 0.0998. The lowest BCUT2D eigenvalue weighted by atomic mass is 10.1. The number of benzene rings is 1. The first-order valence-electron chi connectivity index (χ1n) is 7.59. The summed E-state index contributed by atoms with van der Waals surface area (Å²) in [5.74, 6) is -0.795. The minimum absolute atomic E-state index is 0.120. The molecule has 126 valence electrons. The number of nitrogens with two attached hydrogens (primary N) is 1. The van der Waals surface area contributed by atoms with Gasteiger partial charge >= 0.3 is 0 Å². The van der Waals surface area contributed by atoms with E-state index in [1.165, 1.54) is 12.3 Å². The van der Waals surface area contributed by atoms with Crippen LogP contribution in [0.5, 0.6) is 0 Å². The summed E-state index contributed by atoms with van der Waals surface area (Å²) in [6.07, 6.45) is 3.09. The molecule has 2 aromatic heterocycles. The Balaban J connectivity index is 2.19. The minimum Gasteiger partial charge on any atom is -0.378 e. The fourth-order valence-corrected chi connectivity index (χ4v) is 2.40. The van der Waals surface area contributed by atoms with E-state index in [4.69, 9.17) is 5.73 Å². The summed E-state index contributed by atoms with van der Waals surface area (Å²) < 4.78 is 1.14. The average Bonchev–Trinajstić information content (AvgIpc) is 2.62. The van der Waals surface area contributed by atoms with E-state index in [0.29, 0.717) is 11.4 Å². The Labute approximate surface area is 144 Å². The van der Waals surface area contributed by atoms with Crippen LogP contribution in [0.25, 0.3) is 16.9 Å². The predicted molar refractivity (Wildman–Crippen MR) is 95.9 cm³/mol. The quantitative estimate of drug-likeness (QED) is 0.779. The van der Waals surface area contributed by atoms with E-state index in [1.807, 2.05) is 43.3 Å². The number of rotatable bonds is 4. The van der Waals surface area contributed by atoms with E-state index in [1.54, 1.807) is 18.3 Å². The lowest BCUT2D eigenvalue weighted by Crippen LogP contribution is -2.30. The maximum atomic E-state index is 12.5. The molecule has 2 N–H and O–H groups in total. The number of hydrogen-bond donors (Lipinski definition) is 1. The second-order valence-electron chi connectivity index (χ2n) is 5.68. The number of carbonyl (C=O) groups excluding carboxylic acids is 1. The fourth-order valence-electron chi connectivity index (χ4n) is 2.40. The van der Waals surface area contributed by atoms with Crippen LogP contribution < -0.4 is 16.2 Å². The van der Waals surface area contributed by atoms with Crippen molar-refractivity contribution in [3.63, 3.8) is 0 Å². The SMILES string of the molecule is CN(C)c1ccc(-c2cc(C(N)=O)c(=O)n(-c3cccnc3)n2)cc1. The molecule has 0 radical (unpaired) electrons. The molecule has 3 aromatic rings. The highest BCUT2D eigenvalue weighted by atomic mass is 16.2. The molecular weight excluding hydrogens is 318 g/mol. The van der Waals surface area contributed by atoms with Crippen molar-refractivity contribution in [2.24, 2.45) is 5.73 Å². The van der Waals surface area contributed by atoms with Crippen LogP contribution in [0.4, 0.5) is 5.69 Å². The number of nitrogens with zero attached hydrogens (tertiary/aromatic N) is 4. The molecule has 0 spiro atoms. The van der Waals surface area contributed by atoms with E-state index in [9.17, 15) is 9.59 Å². The van der Waals surface area contributed by atoms with Gasteiger partial charge in [0.1, 0.15) is 5.56 Å². The molecule has 1 aromatic carbocycles. The standard InChI is InChI=1S/C18H17N5O2/c1-22(2)13-7-5-12(6-8-13)16-10-15(17(19)24)18(25)23(21-16)14-4-3-9-20-11-14/h3-11H,1-2H3,(H2,19,24). The van der Waals surface area contributed by atoms with Crippen molar-refractivity contribution in [2.45, 2.75) is 0 Å². The third kappa shape index (κ3) is 3.25. The Hall–Kier alpha value is -3.48. The van der Waals surface area contributed by atoms with Crippen molar-refractivity contribution in [3.05, 3.63) is 70.8 Å². The zero-order valence-corrected chi connectivity index (χ0v) is 13.9. The summed E-state index contributed by atoms with van der Waals surface area (Å²) >= 11 is 0. The summed E-state index contributed by atoms with van der Waals surface area (Å²) in [6, 6.07) is 12.4. The van der Waals surface area contributed by atoms with Gasteiger partial charge in [0, 0.05) is 31.5 Å². The molecule has 0 atom stereocenters. The Morgan fingerprint density at radius 1 is 1.16 bits per heavy atom. The summed E-state index contributed by atoms with van der Waals surface area (Å²) in [7, 11) is 3.89. The molecule has 0 bridgehead atoms. The van der Waals surface area contributed by atoms with Gasteiger partial charge in [0.25, 0.3) is 11.5 Å². The molecule has 0 aliphatic rings. The Bertz CT molecular complexity index is 963. The van der Waals surface area contributed by atoms with Gasteiger partial charge in [-0.25, -0.2) is 0 Å². The summed E-state index contributed by atoms with van der Waals surface area (Å²) in [4.78, 5) is 30.2. The average molecular weight is 335 g/mol. The van der Waals surface area contributed by atoms with Crippen LogP contribution in [0, 0.1) is 0 Å². The smallest absolute Gasteiger partial charge is 0.284 e. The highest BCUT2D eigenvalue weighted by Crippen LogP contribution is 2.21. The van der Waals surface area contributed by atoms with Crippen LogP contribution >= 0.6 is 0 Å². The number of carbonyl (C=O) groups is 1.